The van der Waals surface area contributed by atoms with Gasteiger partial charge in [0.05, 0.1) is 30.6 Å². The van der Waals surface area contributed by atoms with Crippen LogP contribution in [0.4, 0.5) is 18.9 Å². The summed E-state index contributed by atoms with van der Waals surface area (Å²) in [6.07, 6.45) is -4.46. The second kappa shape index (κ2) is 8.26. The maximum atomic E-state index is 13.2. The fraction of sp³-hybridized carbons (Fsp3) is 0.167. The van der Waals surface area contributed by atoms with Gasteiger partial charge in [-0.3, -0.25) is 9.79 Å². The number of methoxy groups -OCH3 is 1. The molecule has 1 amide bonds. The summed E-state index contributed by atoms with van der Waals surface area (Å²) in [6.45, 7) is 0.154. The summed E-state index contributed by atoms with van der Waals surface area (Å²) in [5.74, 6) is 0.478. The Balaban J connectivity index is 1.74. The zero-order chi connectivity index (χ0) is 22.0. The van der Waals surface area contributed by atoms with E-state index < -0.39 is 11.7 Å². The topological polar surface area (TPSA) is 41.9 Å². The average Bonchev–Trinajstić information content (AvgIpc) is 2.91. The van der Waals surface area contributed by atoms with Crippen LogP contribution in [0.1, 0.15) is 22.3 Å². The lowest BCUT2D eigenvalue weighted by atomic mass is 9.98. The van der Waals surface area contributed by atoms with Crippen LogP contribution in [0.15, 0.2) is 77.8 Å². The number of rotatable bonds is 4. The van der Waals surface area contributed by atoms with E-state index in [0.717, 1.165) is 17.7 Å². The Morgan fingerprint density at radius 2 is 1.74 bits per heavy atom. The third-order valence-corrected chi connectivity index (χ3v) is 5.09. The number of alkyl halides is 3. The van der Waals surface area contributed by atoms with Crippen LogP contribution in [0.25, 0.3) is 0 Å². The van der Waals surface area contributed by atoms with Gasteiger partial charge in [0, 0.05) is 11.1 Å². The first-order chi connectivity index (χ1) is 14.9. The predicted octanol–water partition coefficient (Wildman–Crippen LogP) is 5.10. The minimum atomic E-state index is -4.46. The summed E-state index contributed by atoms with van der Waals surface area (Å²) in [7, 11) is 1.58. The van der Waals surface area contributed by atoms with Crippen LogP contribution >= 0.6 is 0 Å². The van der Waals surface area contributed by atoms with E-state index in [2.05, 4.69) is 4.99 Å². The van der Waals surface area contributed by atoms with Gasteiger partial charge in [0.15, 0.2) is 0 Å². The van der Waals surface area contributed by atoms with Gasteiger partial charge in [-0.2, -0.15) is 13.2 Å². The largest absolute Gasteiger partial charge is 0.497 e. The Labute approximate surface area is 177 Å². The molecule has 31 heavy (non-hydrogen) atoms. The van der Waals surface area contributed by atoms with Gasteiger partial charge >= 0.3 is 6.18 Å². The Hall–Kier alpha value is -3.61. The molecule has 0 fully saturated rings. The van der Waals surface area contributed by atoms with Gasteiger partial charge in [-0.1, -0.05) is 42.5 Å². The molecule has 3 aromatic rings. The number of para-hydroxylation sites is 1. The maximum absolute atomic E-state index is 13.2. The van der Waals surface area contributed by atoms with Gasteiger partial charge in [0.2, 0.25) is 5.91 Å². The number of fused-ring (bicyclic) bond motifs is 1. The third kappa shape index (κ3) is 4.30. The molecule has 4 rings (SSSR count). The monoisotopic (exact) mass is 424 g/mol. The minimum absolute atomic E-state index is 0.156. The summed E-state index contributed by atoms with van der Waals surface area (Å²) in [4.78, 5) is 18.9. The first kappa shape index (κ1) is 20.7. The molecule has 0 radical (unpaired) electrons. The van der Waals surface area contributed by atoms with Crippen molar-refractivity contribution in [3.63, 3.8) is 0 Å². The van der Waals surface area contributed by atoms with Crippen LogP contribution < -0.4 is 9.64 Å². The van der Waals surface area contributed by atoms with E-state index in [-0.39, 0.29) is 12.5 Å². The summed E-state index contributed by atoms with van der Waals surface area (Å²) < 4.78 is 44.8. The maximum Gasteiger partial charge on any atom is 0.416 e. The molecular formula is C24H19F3N2O2. The summed E-state index contributed by atoms with van der Waals surface area (Å²) in [6, 6.07) is 19.5. The number of hydrogen-bond donors (Lipinski definition) is 0. The number of hydrogen-bond acceptors (Lipinski definition) is 3. The fourth-order valence-electron chi connectivity index (χ4n) is 3.54. The molecule has 0 unspecified atom stereocenters. The van der Waals surface area contributed by atoms with Gasteiger partial charge < -0.3 is 9.64 Å². The minimum Gasteiger partial charge on any atom is -0.497 e. The van der Waals surface area contributed by atoms with Crippen LogP contribution in [0, 0.1) is 0 Å². The Morgan fingerprint density at radius 3 is 2.45 bits per heavy atom. The molecule has 7 heteroatoms. The molecule has 158 valence electrons. The van der Waals surface area contributed by atoms with Crippen LogP contribution in [0.3, 0.4) is 0 Å². The number of nitrogens with zero attached hydrogens (tertiary/aromatic N) is 2. The molecule has 0 aliphatic carbocycles. The second-order valence-electron chi connectivity index (χ2n) is 7.09. The molecule has 1 heterocycles. The average molecular weight is 424 g/mol. The molecule has 4 nitrogen and oxygen atoms in total. The molecule has 0 aromatic heterocycles. The molecule has 0 N–H and O–H groups in total. The fourth-order valence-corrected chi connectivity index (χ4v) is 3.54. The standard InChI is InChI=1S/C24H19F3N2O2/c1-31-19-11-9-16(10-12-19)15-29-21-8-3-2-7-20(21)23(28-14-22(29)30)17-5-4-6-18(13-17)24(25,26)27/h2-13H,14-15H2,1H3. The molecule has 0 spiro atoms. The van der Waals surface area contributed by atoms with Crippen molar-refractivity contribution in [2.24, 2.45) is 4.99 Å². The van der Waals surface area contributed by atoms with Gasteiger partial charge in [-0.25, -0.2) is 0 Å². The summed E-state index contributed by atoms with van der Waals surface area (Å²) in [5.41, 5.74) is 2.05. The zero-order valence-electron chi connectivity index (χ0n) is 16.7. The van der Waals surface area contributed by atoms with Crippen molar-refractivity contribution in [2.75, 3.05) is 18.6 Å². The van der Waals surface area contributed by atoms with E-state index in [4.69, 9.17) is 4.74 Å². The van der Waals surface area contributed by atoms with Crippen LogP contribution in [0.2, 0.25) is 0 Å². The number of aliphatic imine (C=N–C) groups is 1. The lowest BCUT2D eigenvalue weighted by molar-refractivity contribution is -0.137. The number of amides is 1. The number of carbonyl (C=O) groups excluding carboxylic acids is 1. The van der Waals surface area contributed by atoms with E-state index in [1.807, 2.05) is 24.3 Å². The van der Waals surface area contributed by atoms with Crippen molar-refractivity contribution in [2.45, 2.75) is 12.7 Å². The lowest BCUT2D eigenvalue weighted by Crippen LogP contribution is -2.31. The number of carbonyl (C=O) groups is 1. The van der Waals surface area contributed by atoms with Gasteiger partial charge in [0.25, 0.3) is 0 Å². The Morgan fingerprint density at radius 1 is 1.00 bits per heavy atom. The lowest BCUT2D eigenvalue weighted by Gasteiger charge is -2.23. The van der Waals surface area contributed by atoms with Crippen molar-refractivity contribution in [1.29, 1.82) is 0 Å². The van der Waals surface area contributed by atoms with E-state index in [0.29, 0.717) is 34.8 Å². The molecule has 0 saturated carbocycles. The number of benzodiazepines with no additional fused rings is 1. The number of benzene rings is 3. The second-order valence-corrected chi connectivity index (χ2v) is 7.09. The van der Waals surface area contributed by atoms with Crippen LogP contribution in [-0.2, 0) is 17.5 Å². The van der Waals surface area contributed by atoms with E-state index >= 15 is 0 Å². The van der Waals surface area contributed by atoms with Crippen LogP contribution in [-0.4, -0.2) is 25.3 Å². The van der Waals surface area contributed by atoms with Gasteiger partial charge in [-0.15, -0.1) is 0 Å². The predicted molar refractivity (Wildman–Crippen MR) is 113 cm³/mol. The van der Waals surface area contributed by atoms with E-state index in [1.165, 1.54) is 6.07 Å². The number of ether oxygens (including phenoxy) is 1. The highest BCUT2D eigenvalue weighted by Crippen LogP contribution is 2.32. The van der Waals surface area contributed by atoms with E-state index in [9.17, 15) is 18.0 Å². The first-order valence-corrected chi connectivity index (χ1v) is 9.61. The normalized spacial score (nSPS) is 14.0. The van der Waals surface area contributed by atoms with E-state index in [1.54, 1.807) is 42.3 Å². The molecule has 0 saturated heterocycles. The quantitative estimate of drug-likeness (QED) is 0.585. The van der Waals surface area contributed by atoms with Gasteiger partial charge in [-0.05, 0) is 35.9 Å². The highest BCUT2D eigenvalue weighted by atomic mass is 19.4. The molecule has 1 aliphatic heterocycles. The van der Waals surface area contributed by atoms with Crippen molar-refractivity contribution < 1.29 is 22.7 Å². The molecule has 0 bridgehead atoms. The first-order valence-electron chi connectivity index (χ1n) is 9.61. The van der Waals surface area contributed by atoms with Crippen molar-refractivity contribution in [3.8, 4) is 5.75 Å². The molecule has 1 aliphatic rings. The smallest absolute Gasteiger partial charge is 0.416 e. The molecule has 0 atom stereocenters. The SMILES string of the molecule is COc1ccc(CN2C(=O)CN=C(c3cccc(C(F)(F)F)c3)c3ccccc32)cc1. The highest BCUT2D eigenvalue weighted by molar-refractivity contribution is 6.19. The van der Waals surface area contributed by atoms with Crippen molar-refractivity contribution >= 4 is 17.3 Å². The van der Waals surface area contributed by atoms with Crippen LogP contribution in [0.5, 0.6) is 5.75 Å². The third-order valence-electron chi connectivity index (χ3n) is 5.09. The Bertz CT molecular complexity index is 1140. The molecule has 3 aromatic carbocycles. The zero-order valence-corrected chi connectivity index (χ0v) is 16.7. The van der Waals surface area contributed by atoms with Crippen molar-refractivity contribution in [1.82, 2.24) is 0 Å². The van der Waals surface area contributed by atoms with Gasteiger partial charge in [0.1, 0.15) is 12.3 Å². The van der Waals surface area contributed by atoms with Crippen molar-refractivity contribution in [3.05, 3.63) is 95.1 Å². The number of anilines is 1. The molecular weight excluding hydrogens is 405 g/mol. The number of halogens is 3. The highest BCUT2D eigenvalue weighted by Gasteiger charge is 2.31. The summed E-state index contributed by atoms with van der Waals surface area (Å²) >= 11 is 0. The Kier molecular flexibility index (Phi) is 5.50. The summed E-state index contributed by atoms with van der Waals surface area (Å²) in [5, 5.41) is 0.